The lowest BCUT2D eigenvalue weighted by atomic mass is 9.86. The van der Waals surface area contributed by atoms with E-state index >= 15 is 0 Å². The molecule has 3 saturated carbocycles. The van der Waals surface area contributed by atoms with E-state index in [-0.39, 0.29) is 22.8 Å². The van der Waals surface area contributed by atoms with Crippen molar-refractivity contribution >= 4 is 46.3 Å². The molecule has 38 heavy (non-hydrogen) atoms. The van der Waals surface area contributed by atoms with Crippen LogP contribution in [-0.2, 0) is 15.6 Å². The van der Waals surface area contributed by atoms with Gasteiger partial charge in [0.25, 0.3) is 0 Å². The summed E-state index contributed by atoms with van der Waals surface area (Å²) in [6, 6.07) is 4.71. The molecule has 3 aliphatic carbocycles. The van der Waals surface area contributed by atoms with E-state index in [4.69, 9.17) is 16.6 Å². The molecule has 11 heteroatoms. The first-order valence-corrected chi connectivity index (χ1v) is 15.4. The van der Waals surface area contributed by atoms with Crippen molar-refractivity contribution in [3.8, 4) is 16.9 Å². The molecule has 2 unspecified atom stereocenters. The molecule has 4 fully saturated rings. The van der Waals surface area contributed by atoms with Gasteiger partial charge in [-0.25, -0.2) is 4.98 Å². The summed E-state index contributed by atoms with van der Waals surface area (Å²) in [6.45, 7) is 7.76. The van der Waals surface area contributed by atoms with Crippen molar-refractivity contribution in [3.05, 3.63) is 28.0 Å². The van der Waals surface area contributed by atoms with Gasteiger partial charge >= 0.3 is 0 Å². The zero-order chi connectivity index (χ0) is 26.4. The largest absolute Gasteiger partial charge is 0.342 e. The number of carbonyl (C=O) groups is 1. The summed E-state index contributed by atoms with van der Waals surface area (Å²) in [4.78, 5) is 20.7. The van der Waals surface area contributed by atoms with Crippen molar-refractivity contribution in [1.82, 2.24) is 29.2 Å². The Bertz CT molecular complexity index is 1520. The van der Waals surface area contributed by atoms with Crippen LogP contribution in [0, 0.1) is 23.2 Å². The molecule has 7 rings (SSSR count). The Balaban J connectivity index is 1.30. The minimum Gasteiger partial charge on any atom is -0.342 e. The molecule has 2 atom stereocenters. The van der Waals surface area contributed by atoms with Crippen LogP contribution in [0.3, 0.4) is 0 Å². The number of aromatic nitrogens is 4. The van der Waals surface area contributed by atoms with Gasteiger partial charge in [-0.2, -0.15) is 5.26 Å². The van der Waals surface area contributed by atoms with Crippen LogP contribution in [0.15, 0.2) is 17.2 Å². The number of carbonyl (C=O) groups excluding carboxylic acids is 1. The topological polar surface area (TPSA) is 99.2 Å². The molecule has 0 aromatic carbocycles. The van der Waals surface area contributed by atoms with Crippen molar-refractivity contribution in [2.45, 2.75) is 80.6 Å². The fourth-order valence-corrected chi connectivity index (χ4v) is 8.06. The molecule has 3 aromatic heterocycles. The molecule has 3 aromatic rings. The number of hydrogen-bond donors (Lipinski definition) is 1. The highest BCUT2D eigenvalue weighted by molar-refractivity contribution is 7.97. The third kappa shape index (κ3) is 3.88. The Labute approximate surface area is 235 Å². The van der Waals surface area contributed by atoms with Gasteiger partial charge in [-0.15, -0.1) is 10.2 Å². The summed E-state index contributed by atoms with van der Waals surface area (Å²) in [5.74, 6) is 1.35. The molecule has 0 radical (unpaired) electrons. The van der Waals surface area contributed by atoms with E-state index in [1.807, 2.05) is 18.7 Å². The number of likely N-dealkylation sites (tertiary alicyclic amines) is 1. The zero-order valence-corrected chi connectivity index (χ0v) is 24.1. The Kier molecular flexibility index (Phi) is 5.49. The van der Waals surface area contributed by atoms with E-state index in [2.05, 4.69) is 44.6 Å². The normalized spacial score (nSPS) is 26.3. The summed E-state index contributed by atoms with van der Waals surface area (Å²) in [6.07, 6.45) is 8.09. The third-order valence-corrected chi connectivity index (χ3v) is 11.4. The fourth-order valence-electron chi connectivity index (χ4n) is 5.86. The highest BCUT2D eigenvalue weighted by Gasteiger charge is 2.59. The number of amides is 1. The second-order valence-corrected chi connectivity index (χ2v) is 14.4. The average molecular weight is 568 g/mol. The molecule has 0 bridgehead atoms. The van der Waals surface area contributed by atoms with Gasteiger partial charge in [0.05, 0.1) is 11.6 Å². The molecule has 1 saturated heterocycles. The van der Waals surface area contributed by atoms with Crippen LogP contribution in [0.4, 0.5) is 0 Å². The van der Waals surface area contributed by atoms with Gasteiger partial charge in [0.1, 0.15) is 10.4 Å². The van der Waals surface area contributed by atoms with E-state index in [9.17, 15) is 10.1 Å². The summed E-state index contributed by atoms with van der Waals surface area (Å²) < 4.78 is 5.73. The molecule has 4 heterocycles. The Morgan fingerprint density at radius 3 is 2.74 bits per heavy atom. The van der Waals surface area contributed by atoms with Crippen LogP contribution < -0.4 is 4.72 Å². The second-order valence-electron chi connectivity index (χ2n) is 12.2. The number of pyridine rings is 1. The van der Waals surface area contributed by atoms with Crippen LogP contribution in [0.5, 0.6) is 0 Å². The van der Waals surface area contributed by atoms with E-state index in [0.717, 1.165) is 54.2 Å². The maximum atomic E-state index is 12.7. The first-order valence-electron chi connectivity index (χ1n) is 13.4. The summed E-state index contributed by atoms with van der Waals surface area (Å²) in [5.41, 5.74) is 1.84. The summed E-state index contributed by atoms with van der Waals surface area (Å²) >= 11 is 10.00. The number of halogens is 1. The van der Waals surface area contributed by atoms with Gasteiger partial charge in [-0.1, -0.05) is 36.8 Å². The molecule has 1 N–H and O–H groups in total. The lowest BCUT2D eigenvalue weighted by Crippen LogP contribution is -2.42. The highest BCUT2D eigenvalue weighted by Crippen LogP contribution is 2.61. The second kappa shape index (κ2) is 8.40. The molecule has 1 aliphatic heterocycles. The third-order valence-electron chi connectivity index (χ3n) is 8.91. The standard InChI is InChI=1S/C27H30ClN7OS2/c1-15(2)23(36)34-9-8-27(11-16(27)12-34)18-10-17(38-33-25(3)4-5-25)13-35-19(18)20(28)30-21(35)22-31-32-24(37-22)26(14-29)6-7-26/h10,13,15-16,33H,4-9,11-12H2,1-3H3. The van der Waals surface area contributed by atoms with E-state index in [1.165, 1.54) is 29.7 Å². The molecule has 8 nitrogen and oxygen atoms in total. The van der Waals surface area contributed by atoms with E-state index < -0.39 is 5.41 Å². The van der Waals surface area contributed by atoms with Gasteiger partial charge in [0.15, 0.2) is 16.0 Å². The number of imidazole rings is 1. The van der Waals surface area contributed by atoms with Gasteiger partial charge in [0.2, 0.25) is 5.91 Å². The first kappa shape index (κ1) is 24.8. The van der Waals surface area contributed by atoms with Crippen LogP contribution in [0.1, 0.15) is 69.9 Å². The van der Waals surface area contributed by atoms with Gasteiger partial charge in [0, 0.05) is 41.1 Å². The molecule has 198 valence electrons. The van der Waals surface area contributed by atoms with Crippen molar-refractivity contribution in [2.24, 2.45) is 11.8 Å². The number of nitriles is 1. The van der Waals surface area contributed by atoms with Crippen molar-refractivity contribution in [1.29, 1.82) is 5.26 Å². The minimum atomic E-state index is -0.482. The van der Waals surface area contributed by atoms with Crippen molar-refractivity contribution in [2.75, 3.05) is 13.1 Å². The monoisotopic (exact) mass is 567 g/mol. The number of piperidine rings is 1. The number of rotatable bonds is 7. The summed E-state index contributed by atoms with van der Waals surface area (Å²) in [7, 11) is 0. The number of nitrogens with one attached hydrogen (secondary N) is 1. The Morgan fingerprint density at radius 1 is 1.29 bits per heavy atom. The SMILES string of the molecule is CC(C)C(=O)N1CCC2(c3cc(SNC4(C)CC4)cn4c(-c5nnc(C6(C#N)CC6)s5)nc(Cl)c34)CC2C1. The van der Waals surface area contributed by atoms with E-state index in [1.54, 1.807) is 11.9 Å². The van der Waals surface area contributed by atoms with Crippen LogP contribution in [-0.4, -0.2) is 49.0 Å². The average Bonchev–Trinajstić information content (AvgIpc) is 3.87. The smallest absolute Gasteiger partial charge is 0.225 e. The minimum absolute atomic E-state index is 0.00116. The van der Waals surface area contributed by atoms with Crippen molar-refractivity contribution < 1.29 is 4.79 Å². The van der Waals surface area contributed by atoms with Gasteiger partial charge in [-0.3, -0.25) is 13.9 Å². The predicted molar refractivity (Wildman–Crippen MR) is 148 cm³/mol. The quantitative estimate of drug-likeness (QED) is 0.384. The molecular formula is C27H30ClN7OS2. The lowest BCUT2D eigenvalue weighted by molar-refractivity contribution is -0.135. The first-order chi connectivity index (χ1) is 18.2. The van der Waals surface area contributed by atoms with Crippen LogP contribution in [0.25, 0.3) is 16.3 Å². The molecular weight excluding hydrogens is 538 g/mol. The zero-order valence-electron chi connectivity index (χ0n) is 21.8. The van der Waals surface area contributed by atoms with Crippen LogP contribution >= 0.6 is 34.9 Å². The predicted octanol–water partition coefficient (Wildman–Crippen LogP) is 5.36. The number of nitrogens with zero attached hydrogens (tertiary/aromatic N) is 6. The Morgan fingerprint density at radius 2 is 2.08 bits per heavy atom. The highest BCUT2D eigenvalue weighted by atomic mass is 35.5. The summed E-state index contributed by atoms with van der Waals surface area (Å²) in [5, 5.41) is 20.4. The maximum absolute atomic E-state index is 12.7. The van der Waals surface area contributed by atoms with Gasteiger partial charge < -0.3 is 4.90 Å². The van der Waals surface area contributed by atoms with E-state index in [0.29, 0.717) is 21.9 Å². The lowest BCUT2D eigenvalue weighted by Gasteiger charge is -2.33. The Hall–Kier alpha value is -2.19. The van der Waals surface area contributed by atoms with Crippen LogP contribution in [0.2, 0.25) is 5.15 Å². The molecule has 1 amide bonds. The fraction of sp³-hybridized carbons (Fsp3) is 0.593. The maximum Gasteiger partial charge on any atom is 0.225 e. The molecule has 0 spiro atoms. The van der Waals surface area contributed by atoms with Gasteiger partial charge in [-0.05, 0) is 74.9 Å². The molecule has 4 aliphatic rings. The number of fused-ring (bicyclic) bond motifs is 2. The van der Waals surface area contributed by atoms with Crippen molar-refractivity contribution in [3.63, 3.8) is 0 Å². The number of hydrogen-bond acceptors (Lipinski definition) is 8.